The molecule has 1 aliphatic rings. The molecule has 0 bridgehead atoms. The van der Waals surface area contributed by atoms with Crippen molar-refractivity contribution in [2.24, 2.45) is 22.9 Å². The van der Waals surface area contributed by atoms with Crippen molar-refractivity contribution >= 4 is 24.4 Å². The predicted molar refractivity (Wildman–Crippen MR) is 481 cm³/mol. The van der Waals surface area contributed by atoms with Gasteiger partial charge in [0, 0.05) is 103 Å². The number of carbonyl (C=O) groups excluding carboxylic acids is 4. The number of imidazole rings is 2. The number of alkyl carbamates (subject to hydrolysis) is 2. The van der Waals surface area contributed by atoms with Crippen molar-refractivity contribution in [3.8, 4) is 0 Å². The lowest BCUT2D eigenvalue weighted by Gasteiger charge is -2.21. The number of nitrogens with one attached hydrogen (secondary N) is 2. The smallest absolute Gasteiger partial charge is 0.419 e. The van der Waals surface area contributed by atoms with Gasteiger partial charge in [0.05, 0.1) is 285 Å². The fraction of sp³-hybridized carbons (Fsp3) is 0.884. The molecule has 43 nitrogen and oxygen atoms in total. The Morgan fingerprint density at radius 1 is 0.295 bits per heavy atom. The summed E-state index contributed by atoms with van der Waals surface area (Å²) in [7, 11) is 0. The lowest BCUT2D eigenvalue weighted by Crippen LogP contribution is -2.40. The fourth-order valence-electron chi connectivity index (χ4n) is 10.1. The van der Waals surface area contributed by atoms with E-state index in [1.165, 1.54) is 72.3 Å². The summed E-state index contributed by atoms with van der Waals surface area (Å²) in [6.07, 6.45) is 11.8. The minimum absolute atomic E-state index is 0.0217. The number of aliphatic hydroxyl groups is 2. The van der Waals surface area contributed by atoms with E-state index in [1.54, 1.807) is 0 Å². The van der Waals surface area contributed by atoms with Crippen molar-refractivity contribution in [2.45, 2.75) is 182 Å². The Bertz CT molecular complexity index is 2720. The van der Waals surface area contributed by atoms with E-state index in [-0.39, 0.29) is 139 Å². The third-order valence-electron chi connectivity index (χ3n) is 17.5. The molecule has 12 N–H and O–H groups in total. The number of nitrogens with two attached hydrogens (primary N) is 4. The molecule has 0 radical (unpaired) electrons. The monoisotopic (exact) mass is 1870 g/mol. The van der Waals surface area contributed by atoms with Crippen molar-refractivity contribution < 1.29 is 148 Å². The molecule has 1 saturated carbocycles. The maximum atomic E-state index is 11.8. The quantitative estimate of drug-likeness (QED) is 0.0348. The molecule has 3 rings (SSSR count). The molecule has 2 aromatic heterocycles. The van der Waals surface area contributed by atoms with E-state index in [9.17, 15) is 19.2 Å². The second kappa shape index (κ2) is 90.5. The van der Waals surface area contributed by atoms with Gasteiger partial charge in [0.25, 0.3) is 0 Å². The van der Waals surface area contributed by atoms with Gasteiger partial charge in [0.2, 0.25) is 0 Å². The van der Waals surface area contributed by atoms with Crippen molar-refractivity contribution in [1.29, 1.82) is 0 Å². The largest absolute Gasteiger partial charge is 0.447 e. The van der Waals surface area contributed by atoms with Gasteiger partial charge in [-0.15, -0.1) is 0 Å². The number of hydrogen-bond donors (Lipinski definition) is 8. The number of aromatic nitrogens is 4. The molecule has 1 aliphatic carbocycles. The Kier molecular flexibility index (Phi) is 86.9. The zero-order chi connectivity index (χ0) is 95.1. The molecule has 0 aliphatic heterocycles. The van der Waals surface area contributed by atoms with E-state index in [1.807, 2.05) is 83.1 Å². The zero-order valence-corrected chi connectivity index (χ0v) is 79.9. The second-order valence-corrected chi connectivity index (χ2v) is 30.2. The van der Waals surface area contributed by atoms with Gasteiger partial charge in [0.15, 0.2) is 0 Å². The SMILES string of the molecule is C1CCC1.CC(COCCOCCO)OCC(C)OCC(C)OCC(C)OCCOCCO.CC(COCCOCCOC(=O)NCCN(CCN)CCN)OCC(C)OCC(C)OCC(C)OCCOCCOC(=O)NCCN(CCN)CCN.CC(COCCOCCOC(=O)n1ccnc1)OCC(C)OCC(C)OCC(C)OCCOCCOC(=O)n1ccnc1. The van der Waals surface area contributed by atoms with Crippen LogP contribution in [0.5, 0.6) is 0 Å². The molecule has 12 atom stereocenters. The molecule has 0 spiro atoms. The first-order chi connectivity index (χ1) is 62.5. The Morgan fingerprint density at radius 2 is 0.512 bits per heavy atom. The summed E-state index contributed by atoms with van der Waals surface area (Å²) < 4.78 is 141. The van der Waals surface area contributed by atoms with E-state index in [2.05, 4.69) is 30.4 Å². The summed E-state index contributed by atoms with van der Waals surface area (Å²) >= 11 is 0. The maximum Gasteiger partial charge on any atom is 0.419 e. The van der Waals surface area contributed by atoms with Gasteiger partial charge in [-0.2, -0.15) is 0 Å². The summed E-state index contributed by atoms with van der Waals surface area (Å²) in [6.45, 7) is 43.3. The van der Waals surface area contributed by atoms with Crippen molar-refractivity contribution in [3.63, 3.8) is 0 Å². The fourth-order valence-corrected chi connectivity index (χ4v) is 10.1. The standard InChI is InChI=1S/C34H74N8O11.C28H46N4O11.C20H42O9.C4H8/c1-29(25-47-18-17-45-20-23-49-33(43)39-9-15-41(11-5-35)12-6-36)51-27-31(3)53-28-32(4)52-26-30(2)48-22-19-46-21-24-50-34(44)40-10-16-42(13-7-37)14-8-38;1-23(17-37-10-9-35-12-15-39-27(33)31-7-5-29-21-31)41-19-25(3)43-20-26(4)42-18-24(2)38-14-11-36-13-16-40-28(34)32-8-6-30-22-32;1-17(13-25-10-9-23-7-5-21)27-15-19(3)29-16-20(4)28-14-18(2)26-12-11-24-8-6-22;1-2-4-3-1/h29-32H,5-28,35-38H2,1-4H3,(H,39,43)(H,40,44);5-8,21-26H,9-20H2,1-4H3;17-22H,5-16H2,1-4H3;1-4H2. The molecule has 1 fully saturated rings. The van der Waals surface area contributed by atoms with Crippen LogP contribution in [0, 0.1) is 0 Å². The summed E-state index contributed by atoms with van der Waals surface area (Å²) in [5.74, 6) is 0. The number of nitrogens with zero attached hydrogens (tertiary/aromatic N) is 6. The minimum Gasteiger partial charge on any atom is -0.447 e. The molecule has 2 heterocycles. The van der Waals surface area contributed by atoms with Crippen LogP contribution in [0.15, 0.2) is 37.4 Å². The van der Waals surface area contributed by atoms with Gasteiger partial charge in [-0.25, -0.2) is 38.3 Å². The van der Waals surface area contributed by atoms with Crippen LogP contribution < -0.4 is 33.6 Å². The van der Waals surface area contributed by atoms with Crippen LogP contribution in [0.2, 0.25) is 0 Å². The molecular weight excluding hydrogens is 1700 g/mol. The Labute approximate surface area is 767 Å². The Balaban J connectivity index is 0.00000193. The van der Waals surface area contributed by atoms with Crippen LogP contribution in [-0.4, -0.2) is 453 Å². The molecule has 760 valence electrons. The van der Waals surface area contributed by atoms with Crippen LogP contribution in [-0.2, 0) is 118 Å². The Hall–Kier alpha value is -5.26. The van der Waals surface area contributed by atoms with Crippen molar-refractivity contribution in [1.82, 2.24) is 39.5 Å². The molecule has 12 unspecified atom stereocenters. The van der Waals surface area contributed by atoms with Crippen LogP contribution in [0.4, 0.5) is 19.2 Å². The first-order valence-corrected chi connectivity index (χ1v) is 45.7. The molecular formula is C86H170N12O31. The number of carbonyl (C=O) groups is 4. The second-order valence-electron chi connectivity index (χ2n) is 30.2. The van der Waals surface area contributed by atoms with Crippen LogP contribution in [0.3, 0.4) is 0 Å². The first kappa shape index (κ1) is 124. The lowest BCUT2D eigenvalue weighted by atomic mass is 10.0. The summed E-state index contributed by atoms with van der Waals surface area (Å²) in [5, 5.41) is 22.6. The van der Waals surface area contributed by atoms with Gasteiger partial charge in [-0.3, -0.25) is 9.80 Å². The Morgan fingerprint density at radius 3 is 0.744 bits per heavy atom. The highest BCUT2D eigenvalue weighted by molar-refractivity contribution is 5.70. The molecule has 0 saturated heterocycles. The molecule has 2 amide bonds. The third kappa shape index (κ3) is 83.1. The summed E-state index contributed by atoms with van der Waals surface area (Å²) in [4.78, 5) is 58.6. The lowest BCUT2D eigenvalue weighted by molar-refractivity contribution is -0.0959. The number of aliphatic hydroxyl groups excluding tert-OH is 2. The van der Waals surface area contributed by atoms with Gasteiger partial charge in [-0.05, 0) is 83.1 Å². The number of hydrogen-bond acceptors (Lipinski definition) is 39. The number of ether oxygens (including phenoxy) is 25. The van der Waals surface area contributed by atoms with Gasteiger partial charge in [0.1, 0.15) is 39.1 Å². The van der Waals surface area contributed by atoms with E-state index in [0.29, 0.717) is 224 Å². The van der Waals surface area contributed by atoms with E-state index in [4.69, 9.17) is 152 Å². The maximum absolute atomic E-state index is 11.8. The highest BCUT2D eigenvalue weighted by Gasteiger charge is 2.18. The number of rotatable bonds is 84. The first-order valence-electron chi connectivity index (χ1n) is 45.7. The van der Waals surface area contributed by atoms with E-state index < -0.39 is 24.4 Å². The van der Waals surface area contributed by atoms with Crippen LogP contribution >= 0.6 is 0 Å². The van der Waals surface area contributed by atoms with Crippen molar-refractivity contribution in [3.05, 3.63) is 37.4 Å². The van der Waals surface area contributed by atoms with Crippen LogP contribution in [0.1, 0.15) is 109 Å². The highest BCUT2D eigenvalue weighted by Crippen LogP contribution is 2.15. The summed E-state index contributed by atoms with van der Waals surface area (Å²) in [5.41, 5.74) is 22.3. The van der Waals surface area contributed by atoms with Gasteiger partial charge in [-0.1, -0.05) is 25.7 Å². The topological polar surface area (TPSA) is 510 Å². The molecule has 43 heteroatoms. The van der Waals surface area contributed by atoms with E-state index in [0.717, 1.165) is 26.2 Å². The van der Waals surface area contributed by atoms with E-state index >= 15 is 0 Å². The summed E-state index contributed by atoms with van der Waals surface area (Å²) in [6, 6.07) is 0. The minimum atomic E-state index is -0.497. The molecule has 2 aromatic rings. The van der Waals surface area contributed by atoms with Gasteiger partial charge < -0.3 is 162 Å². The zero-order valence-electron chi connectivity index (χ0n) is 79.9. The van der Waals surface area contributed by atoms with Gasteiger partial charge >= 0.3 is 24.4 Å². The van der Waals surface area contributed by atoms with Crippen LogP contribution in [0.25, 0.3) is 0 Å². The van der Waals surface area contributed by atoms with Crippen molar-refractivity contribution in [2.75, 3.05) is 316 Å². The highest BCUT2D eigenvalue weighted by atomic mass is 16.6. The molecule has 0 aromatic carbocycles. The average molecular weight is 1870 g/mol. The third-order valence-corrected chi connectivity index (χ3v) is 17.5. The predicted octanol–water partition coefficient (Wildman–Crippen LogP) is 3.17. The average Bonchev–Trinajstić information content (AvgIpc) is 1.81. The molecule has 129 heavy (non-hydrogen) atoms. The normalized spacial score (nSPS) is 14.8. The number of amides is 2.